The molecule has 0 bridgehead atoms. The van der Waals surface area contributed by atoms with E-state index in [0.717, 1.165) is 31.1 Å². The van der Waals surface area contributed by atoms with E-state index in [-0.39, 0.29) is 17.8 Å². The summed E-state index contributed by atoms with van der Waals surface area (Å²) in [6, 6.07) is 13.8. The van der Waals surface area contributed by atoms with Crippen molar-refractivity contribution in [1.29, 1.82) is 0 Å². The molecule has 1 N–H and O–H groups in total. The zero-order valence-corrected chi connectivity index (χ0v) is 17.1. The summed E-state index contributed by atoms with van der Waals surface area (Å²) in [6.07, 6.45) is 0.895. The van der Waals surface area contributed by atoms with Gasteiger partial charge >= 0.3 is 6.03 Å². The summed E-state index contributed by atoms with van der Waals surface area (Å²) in [6.45, 7) is 5.71. The lowest BCUT2D eigenvalue weighted by molar-refractivity contribution is -0.384. The van der Waals surface area contributed by atoms with E-state index in [1.165, 1.54) is 17.7 Å². The van der Waals surface area contributed by atoms with Crippen LogP contribution in [0.25, 0.3) is 0 Å². The van der Waals surface area contributed by atoms with E-state index in [1.807, 2.05) is 36.1 Å². The van der Waals surface area contributed by atoms with Crippen molar-refractivity contribution in [3.8, 4) is 0 Å². The number of nitrogens with one attached hydrogen (secondary N) is 1. The van der Waals surface area contributed by atoms with Crippen molar-refractivity contribution < 1.29 is 9.72 Å². The monoisotopic (exact) mass is 416 g/mol. The standard InChI is InChI=1S/C21H25ClN4O3/c1-16(18-4-2-5-20(14-18)26(28)29)23-21(27)25-11-3-10-24(12-13-25)15-17-6-8-19(22)9-7-17/h2,4-9,14,16H,3,10-13,15H2,1H3,(H,23,27). The average Bonchev–Trinajstić information content (AvgIpc) is 2.95. The number of rotatable bonds is 5. The molecule has 154 valence electrons. The van der Waals surface area contributed by atoms with Gasteiger partial charge in [-0.05, 0) is 36.6 Å². The molecule has 29 heavy (non-hydrogen) atoms. The number of halogens is 1. The average molecular weight is 417 g/mol. The molecular weight excluding hydrogens is 392 g/mol. The highest BCUT2D eigenvalue weighted by molar-refractivity contribution is 6.30. The van der Waals surface area contributed by atoms with Crippen LogP contribution >= 0.6 is 11.6 Å². The van der Waals surface area contributed by atoms with Gasteiger partial charge in [0.25, 0.3) is 5.69 Å². The predicted molar refractivity (Wildman–Crippen MR) is 113 cm³/mol. The molecule has 2 amide bonds. The number of hydrogen-bond donors (Lipinski definition) is 1. The van der Waals surface area contributed by atoms with Crippen LogP contribution in [0.1, 0.15) is 30.5 Å². The maximum Gasteiger partial charge on any atom is 0.317 e. The fraction of sp³-hybridized carbons (Fsp3) is 0.381. The third kappa shape index (κ3) is 5.92. The zero-order valence-electron chi connectivity index (χ0n) is 16.4. The molecule has 0 saturated carbocycles. The summed E-state index contributed by atoms with van der Waals surface area (Å²) in [7, 11) is 0. The molecule has 7 nitrogen and oxygen atoms in total. The Morgan fingerprint density at radius 2 is 1.93 bits per heavy atom. The first-order valence-electron chi connectivity index (χ1n) is 9.69. The lowest BCUT2D eigenvalue weighted by Crippen LogP contribution is -2.42. The van der Waals surface area contributed by atoms with E-state index in [2.05, 4.69) is 10.2 Å². The number of hydrogen-bond acceptors (Lipinski definition) is 4. The molecule has 1 aliphatic heterocycles. The molecule has 1 atom stereocenters. The van der Waals surface area contributed by atoms with Crippen LogP contribution in [0.4, 0.5) is 10.5 Å². The fourth-order valence-electron chi connectivity index (χ4n) is 3.45. The van der Waals surface area contributed by atoms with Crippen molar-refractivity contribution in [3.05, 3.63) is 74.8 Å². The highest BCUT2D eigenvalue weighted by Gasteiger charge is 2.21. The van der Waals surface area contributed by atoms with Crippen LogP contribution in [-0.2, 0) is 6.54 Å². The zero-order chi connectivity index (χ0) is 20.8. The highest BCUT2D eigenvalue weighted by atomic mass is 35.5. The Kier molecular flexibility index (Phi) is 7.06. The van der Waals surface area contributed by atoms with Gasteiger partial charge in [-0.1, -0.05) is 35.9 Å². The molecule has 1 unspecified atom stereocenters. The summed E-state index contributed by atoms with van der Waals surface area (Å²) < 4.78 is 0. The van der Waals surface area contributed by atoms with E-state index < -0.39 is 4.92 Å². The van der Waals surface area contributed by atoms with Crippen molar-refractivity contribution in [2.24, 2.45) is 0 Å². The number of nitro benzene ring substituents is 1. The lowest BCUT2D eigenvalue weighted by Gasteiger charge is -2.24. The Hall–Kier alpha value is -2.64. The van der Waals surface area contributed by atoms with Crippen LogP contribution in [0.5, 0.6) is 0 Å². The third-order valence-electron chi connectivity index (χ3n) is 5.12. The van der Waals surface area contributed by atoms with Crippen LogP contribution < -0.4 is 5.32 Å². The van der Waals surface area contributed by atoms with Gasteiger partial charge in [0.05, 0.1) is 11.0 Å². The van der Waals surface area contributed by atoms with Crippen LogP contribution in [0.3, 0.4) is 0 Å². The van der Waals surface area contributed by atoms with Gasteiger partial charge < -0.3 is 10.2 Å². The second kappa shape index (κ2) is 9.71. The van der Waals surface area contributed by atoms with Crippen LogP contribution in [0, 0.1) is 10.1 Å². The largest absolute Gasteiger partial charge is 0.331 e. The molecule has 0 spiro atoms. The second-order valence-electron chi connectivity index (χ2n) is 7.27. The summed E-state index contributed by atoms with van der Waals surface area (Å²) in [5.74, 6) is 0. The maximum absolute atomic E-state index is 12.7. The minimum atomic E-state index is -0.428. The molecular formula is C21H25ClN4O3. The Bertz CT molecular complexity index is 859. The third-order valence-corrected chi connectivity index (χ3v) is 5.37. The van der Waals surface area contributed by atoms with Crippen LogP contribution in [0.15, 0.2) is 48.5 Å². The summed E-state index contributed by atoms with van der Waals surface area (Å²) in [5.41, 5.74) is 1.94. The summed E-state index contributed by atoms with van der Waals surface area (Å²) in [4.78, 5) is 27.4. The molecule has 1 heterocycles. The van der Waals surface area contributed by atoms with Crippen molar-refractivity contribution >= 4 is 23.3 Å². The number of benzene rings is 2. The van der Waals surface area contributed by atoms with Gasteiger partial charge in [-0.25, -0.2) is 4.79 Å². The molecule has 0 aliphatic carbocycles. The number of carbonyl (C=O) groups is 1. The first-order valence-corrected chi connectivity index (χ1v) is 10.1. The van der Waals surface area contributed by atoms with Crippen molar-refractivity contribution in [3.63, 3.8) is 0 Å². The van der Waals surface area contributed by atoms with E-state index in [9.17, 15) is 14.9 Å². The fourth-order valence-corrected chi connectivity index (χ4v) is 3.57. The Morgan fingerprint density at radius 3 is 2.66 bits per heavy atom. The van der Waals surface area contributed by atoms with Gasteiger partial charge in [-0.2, -0.15) is 0 Å². The summed E-state index contributed by atoms with van der Waals surface area (Å²) >= 11 is 5.95. The van der Waals surface area contributed by atoms with Crippen LogP contribution in [0.2, 0.25) is 5.02 Å². The van der Waals surface area contributed by atoms with Gasteiger partial charge in [0.1, 0.15) is 0 Å². The van der Waals surface area contributed by atoms with Crippen molar-refractivity contribution in [2.45, 2.75) is 25.9 Å². The number of non-ortho nitro benzene ring substituents is 1. The van der Waals surface area contributed by atoms with E-state index in [0.29, 0.717) is 18.7 Å². The normalized spacial score (nSPS) is 16.1. The number of nitro groups is 1. The Balaban J connectivity index is 1.54. The first kappa shape index (κ1) is 21.1. The molecule has 0 aromatic heterocycles. The van der Waals surface area contributed by atoms with E-state index in [1.54, 1.807) is 12.1 Å². The van der Waals surface area contributed by atoms with Crippen LogP contribution in [-0.4, -0.2) is 46.9 Å². The van der Waals surface area contributed by atoms with Crippen molar-refractivity contribution in [2.75, 3.05) is 26.2 Å². The molecule has 8 heteroatoms. The molecule has 2 aromatic carbocycles. The smallest absolute Gasteiger partial charge is 0.317 e. The Labute approximate surface area is 175 Å². The molecule has 1 aliphatic rings. The SMILES string of the molecule is CC(NC(=O)N1CCCN(Cc2ccc(Cl)cc2)CC1)c1cccc([N+](=O)[O-])c1. The lowest BCUT2D eigenvalue weighted by atomic mass is 10.1. The number of carbonyl (C=O) groups excluding carboxylic acids is 1. The van der Waals surface area contributed by atoms with E-state index in [4.69, 9.17) is 11.6 Å². The first-order chi connectivity index (χ1) is 13.9. The molecule has 1 fully saturated rings. The summed E-state index contributed by atoms with van der Waals surface area (Å²) in [5, 5.41) is 14.6. The number of nitrogens with zero attached hydrogens (tertiary/aromatic N) is 3. The quantitative estimate of drug-likeness (QED) is 0.584. The molecule has 0 radical (unpaired) electrons. The van der Waals surface area contributed by atoms with Gasteiger partial charge in [-0.15, -0.1) is 0 Å². The number of amides is 2. The predicted octanol–water partition coefficient (Wildman–Crippen LogP) is 4.23. The topological polar surface area (TPSA) is 78.7 Å². The number of urea groups is 1. The Morgan fingerprint density at radius 1 is 1.17 bits per heavy atom. The van der Waals surface area contributed by atoms with Crippen molar-refractivity contribution in [1.82, 2.24) is 15.1 Å². The highest BCUT2D eigenvalue weighted by Crippen LogP contribution is 2.19. The van der Waals surface area contributed by atoms with Gasteiger partial charge in [0.15, 0.2) is 0 Å². The molecule has 3 rings (SSSR count). The van der Waals surface area contributed by atoms with E-state index >= 15 is 0 Å². The molecule has 1 saturated heterocycles. The molecule has 2 aromatic rings. The minimum Gasteiger partial charge on any atom is -0.331 e. The van der Waals surface area contributed by atoms with Gasteiger partial charge in [-0.3, -0.25) is 15.0 Å². The minimum absolute atomic E-state index is 0.0243. The maximum atomic E-state index is 12.7. The van der Waals surface area contributed by atoms with Gasteiger partial charge in [0, 0.05) is 49.9 Å². The second-order valence-corrected chi connectivity index (χ2v) is 7.70. The van der Waals surface area contributed by atoms with Gasteiger partial charge in [0.2, 0.25) is 0 Å².